The molecule has 1 fully saturated rings. The maximum Gasteiger partial charge on any atom is 0.260 e. The van der Waals surface area contributed by atoms with Gasteiger partial charge in [-0.05, 0) is 37.1 Å². The highest BCUT2D eigenvalue weighted by molar-refractivity contribution is 6.30. The number of piperidine rings is 1. The maximum absolute atomic E-state index is 12.6. The standard InChI is InChI=1S/C17H19ClN4O3/c1-11-6-12(18)2-3-15(11)25-10-17(23)21-5-4-16-14(8-21)22-13(9-24-16)7-19-20-22/h2-3,6-7,14,16H,4-5,8-10H2,1H3/t14-,16+/m1/s1. The Morgan fingerprint density at radius 3 is 3.20 bits per heavy atom. The Morgan fingerprint density at radius 1 is 1.48 bits per heavy atom. The zero-order valence-electron chi connectivity index (χ0n) is 13.9. The fourth-order valence-corrected chi connectivity index (χ4v) is 3.64. The van der Waals surface area contributed by atoms with Crippen LogP contribution in [0.3, 0.4) is 0 Å². The van der Waals surface area contributed by atoms with Gasteiger partial charge in [0.25, 0.3) is 5.91 Å². The summed E-state index contributed by atoms with van der Waals surface area (Å²) in [7, 11) is 0. The van der Waals surface area contributed by atoms with Crippen molar-refractivity contribution in [3.05, 3.63) is 40.7 Å². The summed E-state index contributed by atoms with van der Waals surface area (Å²) in [4.78, 5) is 14.4. The molecule has 1 aromatic carbocycles. The summed E-state index contributed by atoms with van der Waals surface area (Å²) in [5.74, 6) is 0.632. The molecule has 0 bridgehead atoms. The summed E-state index contributed by atoms with van der Waals surface area (Å²) in [5.41, 5.74) is 1.86. The number of benzene rings is 1. The van der Waals surface area contributed by atoms with Gasteiger partial charge in [0.2, 0.25) is 0 Å². The highest BCUT2D eigenvalue weighted by Gasteiger charge is 2.37. The number of likely N-dealkylation sites (tertiary alicyclic amines) is 1. The van der Waals surface area contributed by atoms with Crippen LogP contribution in [-0.4, -0.2) is 51.6 Å². The smallest absolute Gasteiger partial charge is 0.260 e. The molecule has 2 aliphatic heterocycles. The number of fused-ring (bicyclic) bond motifs is 3. The largest absolute Gasteiger partial charge is 0.483 e. The summed E-state index contributed by atoms with van der Waals surface area (Å²) in [6.45, 7) is 3.66. The van der Waals surface area contributed by atoms with E-state index >= 15 is 0 Å². The van der Waals surface area contributed by atoms with Gasteiger partial charge in [-0.2, -0.15) is 0 Å². The van der Waals surface area contributed by atoms with Crippen LogP contribution in [0.2, 0.25) is 5.02 Å². The predicted molar refractivity (Wildman–Crippen MR) is 90.5 cm³/mol. The van der Waals surface area contributed by atoms with E-state index in [2.05, 4.69) is 10.3 Å². The van der Waals surface area contributed by atoms with Gasteiger partial charge in [-0.15, -0.1) is 5.10 Å². The van der Waals surface area contributed by atoms with Crippen LogP contribution in [0.15, 0.2) is 24.4 Å². The van der Waals surface area contributed by atoms with E-state index in [1.165, 1.54) is 0 Å². The molecular weight excluding hydrogens is 344 g/mol. The first kappa shape index (κ1) is 16.4. The molecule has 8 heteroatoms. The van der Waals surface area contributed by atoms with Crippen LogP contribution in [-0.2, 0) is 16.1 Å². The first-order valence-corrected chi connectivity index (χ1v) is 8.67. The SMILES string of the molecule is Cc1cc(Cl)ccc1OCC(=O)N1CC[C@@H]2OCc3cnnn3[C@@H]2C1. The lowest BCUT2D eigenvalue weighted by Crippen LogP contribution is -2.50. The Hall–Kier alpha value is -2.12. The van der Waals surface area contributed by atoms with Crippen molar-refractivity contribution in [2.75, 3.05) is 19.7 Å². The molecule has 2 aliphatic rings. The molecule has 3 heterocycles. The number of carbonyl (C=O) groups excluding carboxylic acids is 1. The fourth-order valence-electron chi connectivity index (χ4n) is 3.41. The molecule has 0 N–H and O–H groups in total. The number of rotatable bonds is 3. The Morgan fingerprint density at radius 2 is 2.36 bits per heavy atom. The number of nitrogens with zero attached hydrogens (tertiary/aromatic N) is 4. The second-order valence-corrected chi connectivity index (χ2v) is 6.85. The van der Waals surface area contributed by atoms with Crippen molar-refractivity contribution in [2.24, 2.45) is 0 Å². The van der Waals surface area contributed by atoms with Gasteiger partial charge in [-0.3, -0.25) is 4.79 Å². The van der Waals surface area contributed by atoms with E-state index in [1.807, 2.05) is 22.6 Å². The number of hydrogen-bond donors (Lipinski definition) is 0. The Balaban J connectivity index is 1.40. The predicted octanol–water partition coefficient (Wildman–Crippen LogP) is 1.99. The van der Waals surface area contributed by atoms with Gasteiger partial charge in [-0.1, -0.05) is 16.8 Å². The van der Waals surface area contributed by atoms with Gasteiger partial charge in [0.1, 0.15) is 5.75 Å². The highest BCUT2D eigenvalue weighted by Crippen LogP contribution is 2.30. The van der Waals surface area contributed by atoms with Crippen LogP contribution in [0.1, 0.15) is 23.7 Å². The minimum atomic E-state index is -0.0416. The third-order valence-electron chi connectivity index (χ3n) is 4.77. The van der Waals surface area contributed by atoms with Gasteiger partial charge in [-0.25, -0.2) is 4.68 Å². The monoisotopic (exact) mass is 362 g/mol. The quantitative estimate of drug-likeness (QED) is 0.835. The van der Waals surface area contributed by atoms with E-state index in [4.69, 9.17) is 21.1 Å². The molecule has 132 valence electrons. The number of ether oxygens (including phenoxy) is 2. The topological polar surface area (TPSA) is 69.5 Å². The second kappa shape index (κ2) is 6.65. The maximum atomic E-state index is 12.6. The Labute approximate surface area is 150 Å². The highest BCUT2D eigenvalue weighted by atomic mass is 35.5. The van der Waals surface area contributed by atoms with E-state index in [0.29, 0.717) is 30.5 Å². The van der Waals surface area contributed by atoms with Crippen LogP contribution in [0.4, 0.5) is 0 Å². The zero-order chi connectivity index (χ0) is 17.4. The van der Waals surface area contributed by atoms with Crippen molar-refractivity contribution in [1.82, 2.24) is 19.9 Å². The van der Waals surface area contributed by atoms with Crippen molar-refractivity contribution in [2.45, 2.75) is 32.1 Å². The van der Waals surface area contributed by atoms with Gasteiger partial charge in [0.05, 0.1) is 30.6 Å². The third kappa shape index (κ3) is 3.21. The minimum absolute atomic E-state index is 0.00489. The van der Waals surface area contributed by atoms with Crippen molar-refractivity contribution < 1.29 is 14.3 Å². The van der Waals surface area contributed by atoms with Crippen molar-refractivity contribution in [1.29, 1.82) is 0 Å². The molecule has 0 spiro atoms. The lowest BCUT2D eigenvalue weighted by molar-refractivity contribution is -0.140. The summed E-state index contributed by atoms with van der Waals surface area (Å²) >= 11 is 5.94. The number of carbonyl (C=O) groups is 1. The van der Waals surface area contributed by atoms with Crippen LogP contribution in [0.25, 0.3) is 0 Å². The number of halogens is 1. The molecule has 2 aromatic rings. The Kier molecular flexibility index (Phi) is 4.35. The van der Waals surface area contributed by atoms with Crippen LogP contribution in [0, 0.1) is 6.92 Å². The molecule has 4 rings (SSSR count). The molecule has 7 nitrogen and oxygen atoms in total. The van der Waals surface area contributed by atoms with Crippen molar-refractivity contribution in [3.8, 4) is 5.75 Å². The van der Waals surface area contributed by atoms with Gasteiger partial charge < -0.3 is 14.4 Å². The summed E-state index contributed by atoms with van der Waals surface area (Å²) < 4.78 is 13.4. The lowest BCUT2D eigenvalue weighted by atomic mass is 10.0. The fraction of sp³-hybridized carbons (Fsp3) is 0.471. The molecule has 0 radical (unpaired) electrons. The van der Waals surface area contributed by atoms with Crippen molar-refractivity contribution >= 4 is 17.5 Å². The van der Waals surface area contributed by atoms with E-state index in [9.17, 15) is 4.79 Å². The molecule has 1 amide bonds. The van der Waals surface area contributed by atoms with Crippen LogP contribution < -0.4 is 4.74 Å². The number of hydrogen-bond acceptors (Lipinski definition) is 5. The lowest BCUT2D eigenvalue weighted by Gasteiger charge is -2.40. The zero-order valence-corrected chi connectivity index (χ0v) is 14.6. The molecule has 1 saturated heterocycles. The molecule has 1 aromatic heterocycles. The molecule has 0 aliphatic carbocycles. The van der Waals surface area contributed by atoms with Crippen molar-refractivity contribution in [3.63, 3.8) is 0 Å². The summed E-state index contributed by atoms with van der Waals surface area (Å²) in [6.07, 6.45) is 2.58. The van der Waals surface area contributed by atoms with Crippen LogP contribution >= 0.6 is 11.6 Å². The van der Waals surface area contributed by atoms with E-state index in [0.717, 1.165) is 17.7 Å². The molecule has 25 heavy (non-hydrogen) atoms. The van der Waals surface area contributed by atoms with Gasteiger partial charge in [0, 0.05) is 18.1 Å². The second-order valence-electron chi connectivity index (χ2n) is 6.41. The third-order valence-corrected chi connectivity index (χ3v) is 5.00. The normalized spacial score (nSPS) is 22.2. The van der Waals surface area contributed by atoms with Gasteiger partial charge in [0.15, 0.2) is 6.61 Å². The number of aryl methyl sites for hydroxylation is 1. The molecule has 0 saturated carbocycles. The first-order valence-electron chi connectivity index (χ1n) is 8.29. The van der Waals surface area contributed by atoms with Gasteiger partial charge >= 0.3 is 0 Å². The molecule has 0 unspecified atom stereocenters. The van der Waals surface area contributed by atoms with E-state index in [1.54, 1.807) is 18.3 Å². The molecular formula is C17H19ClN4O3. The minimum Gasteiger partial charge on any atom is -0.483 e. The van der Waals surface area contributed by atoms with E-state index < -0.39 is 0 Å². The summed E-state index contributed by atoms with van der Waals surface area (Å²) in [5, 5.41) is 8.76. The van der Waals surface area contributed by atoms with Crippen LogP contribution in [0.5, 0.6) is 5.75 Å². The average Bonchev–Trinajstić information content (AvgIpc) is 3.09. The average molecular weight is 363 g/mol. The molecule has 2 atom stereocenters. The number of amides is 1. The van der Waals surface area contributed by atoms with E-state index in [-0.39, 0.29) is 24.7 Å². The number of aromatic nitrogens is 3. The summed E-state index contributed by atoms with van der Waals surface area (Å²) in [6, 6.07) is 5.37. The Bertz CT molecular complexity index is 794. The first-order chi connectivity index (χ1) is 12.1.